The van der Waals surface area contributed by atoms with Gasteiger partial charge in [0.15, 0.2) is 9.84 Å². The van der Waals surface area contributed by atoms with Crippen LogP contribution in [0.5, 0.6) is 0 Å². The first kappa shape index (κ1) is 11.9. The van der Waals surface area contributed by atoms with Gasteiger partial charge in [0.25, 0.3) is 0 Å². The minimum atomic E-state index is -3.01. The Bertz CT molecular complexity index is 276. The lowest BCUT2D eigenvalue weighted by Gasteiger charge is -2.17. The molecular weight excluding hydrogens is 202 g/mol. The van der Waals surface area contributed by atoms with Crippen LogP contribution < -0.4 is 5.32 Å². The Morgan fingerprint density at radius 3 is 2.57 bits per heavy atom. The maximum Gasteiger partial charge on any atom is 0.154 e. The van der Waals surface area contributed by atoms with Crippen LogP contribution in [0.1, 0.15) is 20.3 Å². The van der Waals surface area contributed by atoms with Gasteiger partial charge in [0.05, 0.1) is 17.6 Å². The third-order valence-corrected chi connectivity index (χ3v) is 4.46. The van der Waals surface area contributed by atoms with Gasteiger partial charge in [-0.1, -0.05) is 20.3 Å². The number of nitrogens with one attached hydrogen (secondary N) is 1. The van der Waals surface area contributed by atoms with E-state index >= 15 is 0 Å². The fourth-order valence-corrected chi connectivity index (χ4v) is 3.30. The number of aliphatic hydroxyl groups is 1. The fourth-order valence-electron chi connectivity index (χ4n) is 1.52. The molecule has 3 atom stereocenters. The summed E-state index contributed by atoms with van der Waals surface area (Å²) in [7, 11) is -3.01. The molecule has 1 heterocycles. The van der Waals surface area contributed by atoms with E-state index in [9.17, 15) is 13.5 Å². The van der Waals surface area contributed by atoms with Crippen molar-refractivity contribution >= 4 is 9.84 Å². The summed E-state index contributed by atoms with van der Waals surface area (Å²) in [5.74, 6) is 0.501. The van der Waals surface area contributed by atoms with Crippen LogP contribution in [0.2, 0.25) is 0 Å². The molecule has 0 aromatic heterocycles. The van der Waals surface area contributed by atoms with Crippen molar-refractivity contribution in [1.29, 1.82) is 0 Å². The zero-order valence-corrected chi connectivity index (χ0v) is 9.55. The molecule has 1 fully saturated rings. The number of hydrogen-bond donors (Lipinski definition) is 2. The summed E-state index contributed by atoms with van der Waals surface area (Å²) in [4.78, 5) is 0. The highest BCUT2D eigenvalue weighted by Gasteiger charge is 2.35. The summed E-state index contributed by atoms with van der Waals surface area (Å²) in [5, 5.41) is 12.6. The van der Waals surface area contributed by atoms with E-state index in [1.165, 1.54) is 0 Å². The summed E-state index contributed by atoms with van der Waals surface area (Å²) in [6, 6.07) is -0.269. The molecule has 0 bridgehead atoms. The second kappa shape index (κ2) is 4.59. The first-order valence-corrected chi connectivity index (χ1v) is 6.88. The molecule has 1 saturated heterocycles. The molecule has 0 radical (unpaired) electrons. The molecule has 0 amide bonds. The molecule has 84 valence electrons. The van der Waals surface area contributed by atoms with Gasteiger partial charge in [-0.05, 0) is 12.5 Å². The minimum absolute atomic E-state index is 0.0740. The monoisotopic (exact) mass is 221 g/mol. The molecule has 14 heavy (non-hydrogen) atoms. The third kappa shape index (κ3) is 3.22. The number of sulfone groups is 1. The lowest BCUT2D eigenvalue weighted by atomic mass is 10.1. The van der Waals surface area contributed by atoms with Gasteiger partial charge in [-0.15, -0.1) is 0 Å². The average Bonchev–Trinajstić information content (AvgIpc) is 2.35. The Morgan fingerprint density at radius 2 is 2.14 bits per heavy atom. The van der Waals surface area contributed by atoms with Crippen molar-refractivity contribution in [3.05, 3.63) is 0 Å². The molecular formula is C9H19NO3S. The molecule has 0 aliphatic carbocycles. The Labute approximate surface area is 85.6 Å². The summed E-state index contributed by atoms with van der Waals surface area (Å²) < 4.78 is 22.3. The third-order valence-electron chi connectivity index (χ3n) is 2.75. The van der Waals surface area contributed by atoms with Crippen molar-refractivity contribution in [3.8, 4) is 0 Å². The van der Waals surface area contributed by atoms with E-state index in [4.69, 9.17) is 0 Å². The van der Waals surface area contributed by atoms with E-state index < -0.39 is 15.9 Å². The smallest absolute Gasteiger partial charge is 0.154 e. The van der Waals surface area contributed by atoms with E-state index in [-0.39, 0.29) is 17.5 Å². The minimum Gasteiger partial charge on any atom is -0.390 e. The van der Waals surface area contributed by atoms with Crippen LogP contribution in [0.15, 0.2) is 0 Å². The topological polar surface area (TPSA) is 66.4 Å². The summed E-state index contributed by atoms with van der Waals surface area (Å²) in [5.41, 5.74) is 0. The molecule has 1 aliphatic rings. The highest BCUT2D eigenvalue weighted by atomic mass is 32.2. The zero-order chi connectivity index (χ0) is 10.8. The van der Waals surface area contributed by atoms with Gasteiger partial charge in [-0.3, -0.25) is 0 Å². The highest BCUT2D eigenvalue weighted by Crippen LogP contribution is 2.13. The van der Waals surface area contributed by atoms with Crippen molar-refractivity contribution < 1.29 is 13.5 Å². The van der Waals surface area contributed by atoms with Gasteiger partial charge in [-0.2, -0.15) is 0 Å². The maximum atomic E-state index is 11.2. The Balaban J connectivity index is 2.40. The first-order valence-electron chi connectivity index (χ1n) is 5.06. The summed E-state index contributed by atoms with van der Waals surface area (Å²) in [6.45, 7) is 4.96. The van der Waals surface area contributed by atoms with Crippen molar-refractivity contribution in [2.45, 2.75) is 32.4 Å². The van der Waals surface area contributed by atoms with Crippen LogP contribution in [0.4, 0.5) is 0 Å². The van der Waals surface area contributed by atoms with Gasteiger partial charge in [-0.25, -0.2) is 8.42 Å². The van der Waals surface area contributed by atoms with Gasteiger partial charge in [0.2, 0.25) is 0 Å². The maximum absolute atomic E-state index is 11.2. The van der Waals surface area contributed by atoms with Crippen molar-refractivity contribution in [2.75, 3.05) is 18.1 Å². The largest absolute Gasteiger partial charge is 0.390 e. The highest BCUT2D eigenvalue weighted by molar-refractivity contribution is 7.91. The lowest BCUT2D eigenvalue weighted by molar-refractivity contribution is 0.163. The molecule has 3 unspecified atom stereocenters. The van der Waals surface area contributed by atoms with Crippen LogP contribution in [0.25, 0.3) is 0 Å². The number of rotatable bonds is 4. The van der Waals surface area contributed by atoms with E-state index in [0.717, 1.165) is 13.0 Å². The van der Waals surface area contributed by atoms with Crippen LogP contribution >= 0.6 is 0 Å². The second-order valence-electron chi connectivity index (χ2n) is 4.17. The second-order valence-corrected chi connectivity index (χ2v) is 6.33. The van der Waals surface area contributed by atoms with Gasteiger partial charge in [0, 0.05) is 6.04 Å². The zero-order valence-electron chi connectivity index (χ0n) is 8.73. The fraction of sp³-hybridized carbons (Fsp3) is 1.00. The molecule has 5 heteroatoms. The van der Waals surface area contributed by atoms with E-state index in [1.54, 1.807) is 0 Å². The Kier molecular flexibility index (Phi) is 3.92. The molecule has 1 rings (SSSR count). The standard InChI is InChI=1S/C9H19NO3S/c1-3-7(2)4-10-8-5-14(12,13)6-9(8)11/h7-11H,3-6H2,1-2H3. The predicted molar refractivity (Wildman–Crippen MR) is 55.9 cm³/mol. The van der Waals surface area contributed by atoms with Gasteiger partial charge >= 0.3 is 0 Å². The molecule has 4 nitrogen and oxygen atoms in total. The summed E-state index contributed by atoms with van der Waals surface area (Å²) in [6.07, 6.45) is 0.326. The molecule has 0 aromatic carbocycles. The first-order chi connectivity index (χ1) is 6.44. The summed E-state index contributed by atoms with van der Waals surface area (Å²) >= 11 is 0. The molecule has 2 N–H and O–H groups in total. The number of hydrogen-bond acceptors (Lipinski definition) is 4. The van der Waals surface area contributed by atoms with E-state index in [1.807, 2.05) is 0 Å². The average molecular weight is 221 g/mol. The molecule has 0 spiro atoms. The van der Waals surface area contributed by atoms with Crippen LogP contribution in [-0.4, -0.2) is 43.7 Å². The van der Waals surface area contributed by atoms with Crippen molar-refractivity contribution in [2.24, 2.45) is 5.92 Å². The lowest BCUT2D eigenvalue weighted by Crippen LogP contribution is -2.40. The van der Waals surface area contributed by atoms with Gasteiger partial charge in [0.1, 0.15) is 0 Å². The SMILES string of the molecule is CCC(C)CNC1CS(=O)(=O)CC1O. The van der Waals surface area contributed by atoms with Crippen molar-refractivity contribution in [3.63, 3.8) is 0 Å². The normalized spacial score (nSPS) is 33.1. The van der Waals surface area contributed by atoms with E-state index in [2.05, 4.69) is 19.2 Å². The Morgan fingerprint density at radius 1 is 1.50 bits per heavy atom. The molecule has 0 saturated carbocycles. The predicted octanol–water partition coefficient (Wildman–Crippen LogP) is -0.220. The van der Waals surface area contributed by atoms with Crippen LogP contribution in [0.3, 0.4) is 0 Å². The van der Waals surface area contributed by atoms with Crippen LogP contribution in [0, 0.1) is 5.92 Å². The van der Waals surface area contributed by atoms with E-state index in [0.29, 0.717) is 5.92 Å². The van der Waals surface area contributed by atoms with Gasteiger partial charge < -0.3 is 10.4 Å². The quantitative estimate of drug-likeness (QED) is 0.689. The number of aliphatic hydroxyl groups excluding tert-OH is 1. The Hall–Kier alpha value is -0.130. The molecule has 0 aromatic rings. The molecule has 1 aliphatic heterocycles. The van der Waals surface area contributed by atoms with Crippen molar-refractivity contribution in [1.82, 2.24) is 5.32 Å². The van der Waals surface area contributed by atoms with Crippen LogP contribution in [-0.2, 0) is 9.84 Å².